The van der Waals surface area contributed by atoms with E-state index in [1.54, 1.807) is 24.4 Å². The van der Waals surface area contributed by atoms with E-state index in [1.165, 1.54) is 49.3 Å². The number of likely N-dealkylation sites (tertiary alicyclic amines) is 1. The normalized spacial score (nSPS) is 23.9. The van der Waals surface area contributed by atoms with Crippen LogP contribution >= 0.6 is 11.3 Å². The molecular formula is C35H37F2N7O4S3. The first kappa shape index (κ1) is 33.1. The van der Waals surface area contributed by atoms with E-state index in [2.05, 4.69) is 24.8 Å². The van der Waals surface area contributed by atoms with E-state index in [4.69, 9.17) is 9.97 Å². The summed E-state index contributed by atoms with van der Waals surface area (Å²) in [5.74, 6) is -0.925. The molecule has 2 saturated carbocycles. The molecule has 2 bridgehead atoms. The van der Waals surface area contributed by atoms with Gasteiger partial charge in [0.05, 0.1) is 33.5 Å². The van der Waals surface area contributed by atoms with Crippen LogP contribution in [-0.2, 0) is 19.9 Å². The molecule has 9 rings (SSSR count). The molecule has 2 unspecified atom stereocenters. The number of hydrogen-bond donors (Lipinski definition) is 2. The average Bonchev–Trinajstić information content (AvgIpc) is 3.75. The summed E-state index contributed by atoms with van der Waals surface area (Å²) < 4.78 is 83.9. The molecule has 2 atom stereocenters. The van der Waals surface area contributed by atoms with Crippen molar-refractivity contribution in [2.24, 2.45) is 5.41 Å². The largest absolute Gasteiger partial charge is 0.351 e. The van der Waals surface area contributed by atoms with Gasteiger partial charge in [-0.3, -0.25) is 9.62 Å². The summed E-state index contributed by atoms with van der Waals surface area (Å²) in [6.45, 7) is 3.40. The molecule has 4 aromatic rings. The van der Waals surface area contributed by atoms with Gasteiger partial charge in [-0.05, 0) is 75.3 Å². The Morgan fingerprint density at radius 2 is 1.65 bits per heavy atom. The van der Waals surface area contributed by atoms with Crippen molar-refractivity contribution in [1.29, 1.82) is 0 Å². The van der Waals surface area contributed by atoms with Gasteiger partial charge >= 0.3 is 0 Å². The van der Waals surface area contributed by atoms with Gasteiger partial charge in [-0.2, -0.15) is 0 Å². The maximum absolute atomic E-state index is 16.6. The summed E-state index contributed by atoms with van der Waals surface area (Å²) in [6, 6.07) is 11.4. The number of nitrogens with one attached hydrogen (secondary N) is 2. The van der Waals surface area contributed by atoms with Gasteiger partial charge in [0.25, 0.3) is 10.0 Å². The summed E-state index contributed by atoms with van der Waals surface area (Å²) in [5.41, 5.74) is 0.670. The first-order valence-corrected chi connectivity index (χ1v) is 21.4. The van der Waals surface area contributed by atoms with Crippen molar-refractivity contribution in [2.45, 2.75) is 74.5 Å². The molecule has 2 aromatic heterocycles. The number of aryl methyl sites for hydroxylation is 1. The zero-order chi connectivity index (χ0) is 35.3. The highest BCUT2D eigenvalue weighted by atomic mass is 32.2. The second kappa shape index (κ2) is 11.9. The van der Waals surface area contributed by atoms with Crippen molar-refractivity contribution in [1.82, 2.24) is 19.9 Å². The molecule has 5 fully saturated rings. The van der Waals surface area contributed by atoms with Crippen molar-refractivity contribution in [3.05, 3.63) is 65.9 Å². The number of sulfone groups is 1. The molecule has 0 radical (unpaired) electrons. The second-order valence-electron chi connectivity index (χ2n) is 14.9. The molecule has 3 saturated heterocycles. The van der Waals surface area contributed by atoms with E-state index in [-0.39, 0.29) is 51.9 Å². The lowest BCUT2D eigenvalue weighted by Crippen LogP contribution is -2.60. The number of sulfonamides is 1. The van der Waals surface area contributed by atoms with Crippen molar-refractivity contribution < 1.29 is 25.6 Å². The minimum atomic E-state index is -4.47. The number of benzene rings is 2. The summed E-state index contributed by atoms with van der Waals surface area (Å²) in [5, 5.41) is 4.11. The van der Waals surface area contributed by atoms with Crippen molar-refractivity contribution in [2.75, 3.05) is 39.5 Å². The van der Waals surface area contributed by atoms with Gasteiger partial charge in [0.15, 0.2) is 20.8 Å². The summed E-state index contributed by atoms with van der Waals surface area (Å²) in [7, 11) is -7.40. The first-order chi connectivity index (χ1) is 24.4. The Labute approximate surface area is 299 Å². The molecular weight excluding hydrogens is 717 g/mol. The molecule has 3 aliphatic heterocycles. The third kappa shape index (κ3) is 5.97. The molecule has 5 aliphatic rings. The predicted octanol–water partition coefficient (Wildman–Crippen LogP) is 5.46. The molecule has 2 aromatic carbocycles. The minimum absolute atomic E-state index is 0.0471. The smallest absolute Gasteiger partial charge is 0.265 e. The highest BCUT2D eigenvalue weighted by Crippen LogP contribution is 2.51. The number of piperazine rings is 1. The van der Waals surface area contributed by atoms with Crippen LogP contribution in [0, 0.1) is 24.0 Å². The fraction of sp³-hybridized carbons (Fsp3) is 0.457. The molecule has 51 heavy (non-hydrogen) atoms. The van der Waals surface area contributed by atoms with Crippen LogP contribution in [0.5, 0.6) is 0 Å². The van der Waals surface area contributed by atoms with Gasteiger partial charge in [0.2, 0.25) is 5.95 Å². The van der Waals surface area contributed by atoms with Gasteiger partial charge in [-0.25, -0.2) is 40.6 Å². The number of thiazole rings is 1. The van der Waals surface area contributed by atoms with Crippen LogP contribution in [0.3, 0.4) is 0 Å². The zero-order valence-corrected chi connectivity index (χ0v) is 30.3. The van der Waals surface area contributed by atoms with Crippen LogP contribution in [0.4, 0.5) is 25.5 Å². The lowest BCUT2D eigenvalue weighted by Gasteiger charge is -2.53. The molecule has 2 N–H and O–H groups in total. The third-order valence-electron chi connectivity index (χ3n) is 11.0. The monoisotopic (exact) mass is 753 g/mol. The third-order valence-corrected chi connectivity index (χ3v) is 15.7. The number of hydrogen-bond acceptors (Lipinski definition) is 11. The Morgan fingerprint density at radius 3 is 2.33 bits per heavy atom. The summed E-state index contributed by atoms with van der Waals surface area (Å²) in [4.78, 5) is 19.4. The van der Waals surface area contributed by atoms with Crippen molar-refractivity contribution in [3.63, 3.8) is 0 Å². The van der Waals surface area contributed by atoms with Crippen LogP contribution in [0.15, 0.2) is 53.6 Å². The average molecular weight is 754 g/mol. The minimum Gasteiger partial charge on any atom is -0.351 e. The summed E-state index contributed by atoms with van der Waals surface area (Å²) in [6.07, 6.45) is 7.66. The lowest BCUT2D eigenvalue weighted by atomic mass is 9.67. The van der Waals surface area contributed by atoms with Gasteiger partial charge in [-0.1, -0.05) is 29.5 Å². The van der Waals surface area contributed by atoms with Crippen molar-refractivity contribution in [3.8, 4) is 21.8 Å². The van der Waals surface area contributed by atoms with E-state index in [0.29, 0.717) is 28.3 Å². The van der Waals surface area contributed by atoms with E-state index in [9.17, 15) is 21.2 Å². The Bertz CT molecular complexity index is 2230. The Morgan fingerprint density at radius 1 is 0.941 bits per heavy atom. The number of anilines is 3. The molecule has 11 nitrogen and oxygen atoms in total. The molecule has 5 heterocycles. The van der Waals surface area contributed by atoms with Gasteiger partial charge in [0.1, 0.15) is 10.7 Å². The van der Waals surface area contributed by atoms with Crippen LogP contribution < -0.4 is 14.9 Å². The SMILES string of the molecule is Cc1cccc(F)c1S(=O)(=O)Nc1cccc(-c2nc(N3C4CCC3CN(C3CC3)C4)sc2-c2ccnc(NC3CC4(C3)CS(=O)(=O)C4)n2)c1F. The van der Waals surface area contributed by atoms with Gasteiger partial charge < -0.3 is 10.2 Å². The Balaban J connectivity index is 1.07. The Hall–Kier alpha value is -3.73. The number of halogens is 2. The van der Waals surface area contributed by atoms with E-state index in [1.807, 2.05) is 0 Å². The molecule has 16 heteroatoms. The summed E-state index contributed by atoms with van der Waals surface area (Å²) >= 11 is 1.43. The van der Waals surface area contributed by atoms with Gasteiger partial charge in [-0.15, -0.1) is 0 Å². The Kier molecular flexibility index (Phi) is 7.73. The second-order valence-corrected chi connectivity index (χ2v) is 19.5. The van der Waals surface area contributed by atoms with Crippen molar-refractivity contribution >= 4 is 48.0 Å². The first-order valence-electron chi connectivity index (χ1n) is 17.3. The predicted molar refractivity (Wildman–Crippen MR) is 192 cm³/mol. The number of rotatable bonds is 9. The maximum atomic E-state index is 16.6. The molecule has 0 amide bonds. The highest BCUT2D eigenvalue weighted by Gasteiger charge is 2.56. The fourth-order valence-electron chi connectivity index (χ4n) is 8.66. The molecule has 1 spiro atoms. The fourth-order valence-corrected chi connectivity index (χ4v) is 13.5. The van der Waals surface area contributed by atoms with Gasteiger partial charge in [0, 0.05) is 54.4 Å². The quantitative estimate of drug-likeness (QED) is 0.227. The topological polar surface area (TPSA) is 137 Å². The number of fused-ring (bicyclic) bond motifs is 2. The van der Waals surface area contributed by atoms with Crippen LogP contribution in [0.1, 0.15) is 44.1 Å². The van der Waals surface area contributed by atoms with Crippen LogP contribution in [0.2, 0.25) is 0 Å². The van der Waals surface area contributed by atoms with Crippen LogP contribution in [-0.4, -0.2) is 85.5 Å². The zero-order valence-electron chi connectivity index (χ0n) is 27.8. The highest BCUT2D eigenvalue weighted by molar-refractivity contribution is 7.93. The molecule has 268 valence electrons. The van der Waals surface area contributed by atoms with E-state index < -0.39 is 36.4 Å². The standard InChI is InChI=1S/C35H37F2N7O4S3/c1-20-4-2-6-26(36)32(20)51(47,48)42-27-7-3-5-25(29(27)37)30-31(49-34(41-30)44-23-10-11-24(44)17-43(16-23)22-8-9-22)28-12-13-38-33(40-28)39-21-14-35(15-21)18-50(45,46)19-35/h2-7,12-13,21-24,42H,8-11,14-19H2,1H3,(H,38,39,40). The molecule has 2 aliphatic carbocycles. The number of aromatic nitrogens is 3. The number of nitrogens with zero attached hydrogens (tertiary/aromatic N) is 5. The lowest BCUT2D eigenvalue weighted by molar-refractivity contribution is 0.153. The van der Waals surface area contributed by atoms with E-state index >= 15 is 4.39 Å². The van der Waals surface area contributed by atoms with Crippen LogP contribution in [0.25, 0.3) is 21.8 Å². The maximum Gasteiger partial charge on any atom is 0.265 e. The van der Waals surface area contributed by atoms with E-state index in [0.717, 1.165) is 50.0 Å².